The van der Waals surface area contributed by atoms with E-state index in [1.165, 1.54) is 36.4 Å². The zero-order valence-electron chi connectivity index (χ0n) is 17.9. The van der Waals surface area contributed by atoms with E-state index < -0.39 is 14.9 Å². The lowest BCUT2D eigenvalue weighted by Gasteiger charge is -2.08. The molecule has 0 spiro atoms. The topological polar surface area (TPSA) is 165 Å². The summed E-state index contributed by atoms with van der Waals surface area (Å²) in [5, 5.41) is 38.1. The summed E-state index contributed by atoms with van der Waals surface area (Å²) in [4.78, 5) is 10.6. The van der Waals surface area contributed by atoms with Gasteiger partial charge in [0, 0.05) is 17.5 Å². The lowest BCUT2D eigenvalue weighted by atomic mass is 10.2. The van der Waals surface area contributed by atoms with Crippen LogP contribution in [0.5, 0.6) is 5.88 Å². The molecular formula is C22H18N6O5S2. The van der Waals surface area contributed by atoms with Crippen LogP contribution < -0.4 is 10.5 Å². The molecule has 0 fully saturated rings. The number of hydrogen-bond donors (Lipinski definition) is 3. The van der Waals surface area contributed by atoms with E-state index >= 15 is 0 Å². The van der Waals surface area contributed by atoms with Crippen molar-refractivity contribution in [2.75, 3.05) is 5.32 Å². The van der Waals surface area contributed by atoms with Crippen LogP contribution in [0.15, 0.2) is 87.9 Å². The molecule has 0 aliphatic heterocycles. The number of nitrogens with zero attached hydrogens (tertiary/aromatic N) is 4. The third-order valence-electron chi connectivity index (χ3n) is 5.06. The smallest absolute Gasteiger partial charge is 0.270 e. The molecule has 4 N–H and O–H groups in total. The zero-order valence-corrected chi connectivity index (χ0v) is 19.5. The highest BCUT2D eigenvalue weighted by atomic mass is 32.2. The van der Waals surface area contributed by atoms with Crippen molar-refractivity contribution in [2.24, 2.45) is 15.4 Å². The molecule has 11 nitrogen and oxygen atoms in total. The molecule has 35 heavy (non-hydrogen) atoms. The maximum Gasteiger partial charge on any atom is 0.270 e. The molecule has 0 amide bonds. The molecule has 0 saturated carbocycles. The number of non-ortho nitro benzene ring substituents is 1. The molecule has 0 saturated heterocycles. The van der Waals surface area contributed by atoms with Crippen LogP contribution >= 0.6 is 12.2 Å². The number of nitrogens with one attached hydrogen (secondary N) is 1. The Morgan fingerprint density at radius 1 is 1.11 bits per heavy atom. The van der Waals surface area contributed by atoms with Crippen molar-refractivity contribution in [3.8, 4) is 5.88 Å². The summed E-state index contributed by atoms with van der Waals surface area (Å²) in [6, 6.07) is 19.3. The molecular weight excluding hydrogens is 492 g/mol. The number of primary sulfonamides is 1. The molecule has 0 unspecified atom stereocenters. The summed E-state index contributed by atoms with van der Waals surface area (Å²) in [6.45, 7) is 0.279. The molecule has 0 radical (unpaired) electrons. The Morgan fingerprint density at radius 3 is 2.49 bits per heavy atom. The number of thiocarbonyl (C=S) groups is 1. The average molecular weight is 511 g/mol. The third kappa shape index (κ3) is 5.16. The first-order valence-corrected chi connectivity index (χ1v) is 12.0. The second-order valence-corrected chi connectivity index (χ2v) is 9.29. The van der Waals surface area contributed by atoms with Gasteiger partial charge in [0.1, 0.15) is 4.90 Å². The summed E-state index contributed by atoms with van der Waals surface area (Å²) in [7, 11) is -4.02. The van der Waals surface area contributed by atoms with Crippen molar-refractivity contribution >= 4 is 55.3 Å². The van der Waals surface area contributed by atoms with Crippen LogP contribution in [0.25, 0.3) is 10.9 Å². The number of nitro groups is 1. The number of aromatic nitrogens is 1. The number of para-hydroxylation sites is 1. The van der Waals surface area contributed by atoms with Gasteiger partial charge in [0.2, 0.25) is 21.0 Å². The Bertz CT molecular complexity index is 1580. The van der Waals surface area contributed by atoms with Gasteiger partial charge in [-0.1, -0.05) is 42.5 Å². The summed E-state index contributed by atoms with van der Waals surface area (Å²) in [6.07, 6.45) is 0. The summed E-state index contributed by atoms with van der Waals surface area (Å²) >= 11 is 5.16. The molecule has 0 bridgehead atoms. The average Bonchev–Trinajstić information content (AvgIpc) is 3.08. The van der Waals surface area contributed by atoms with E-state index in [0.717, 1.165) is 5.56 Å². The molecule has 13 heteroatoms. The third-order valence-corrected chi connectivity index (χ3v) is 6.22. The van der Waals surface area contributed by atoms with E-state index in [0.29, 0.717) is 10.9 Å². The van der Waals surface area contributed by atoms with Gasteiger partial charge in [-0.25, -0.2) is 13.6 Å². The number of rotatable bonds is 6. The van der Waals surface area contributed by atoms with Crippen molar-refractivity contribution in [3.05, 3.63) is 88.5 Å². The van der Waals surface area contributed by atoms with Gasteiger partial charge in [0.25, 0.3) is 5.69 Å². The van der Waals surface area contributed by atoms with Gasteiger partial charge >= 0.3 is 0 Å². The highest BCUT2D eigenvalue weighted by Gasteiger charge is 2.20. The molecule has 4 rings (SSSR count). The van der Waals surface area contributed by atoms with Crippen molar-refractivity contribution in [3.63, 3.8) is 0 Å². The first kappa shape index (κ1) is 23.9. The molecule has 178 valence electrons. The molecule has 1 heterocycles. The Hall–Kier alpha value is -4.20. The molecule has 0 aliphatic carbocycles. The monoisotopic (exact) mass is 510 g/mol. The highest BCUT2D eigenvalue weighted by Crippen LogP contribution is 2.41. The Balaban J connectivity index is 1.73. The van der Waals surface area contributed by atoms with Crippen LogP contribution in [-0.2, 0) is 16.6 Å². The molecule has 0 atom stereocenters. The predicted octanol–water partition coefficient (Wildman–Crippen LogP) is 4.43. The van der Waals surface area contributed by atoms with Gasteiger partial charge < -0.3 is 15.0 Å². The Labute approximate surface area is 204 Å². The first-order chi connectivity index (χ1) is 16.6. The van der Waals surface area contributed by atoms with Crippen LogP contribution in [0.4, 0.5) is 17.1 Å². The Morgan fingerprint density at radius 2 is 1.80 bits per heavy atom. The Kier molecular flexibility index (Phi) is 6.55. The van der Waals surface area contributed by atoms with Gasteiger partial charge in [-0.3, -0.25) is 10.1 Å². The first-order valence-electron chi connectivity index (χ1n) is 10.0. The lowest BCUT2D eigenvalue weighted by molar-refractivity contribution is -0.384. The van der Waals surface area contributed by atoms with E-state index in [1.54, 1.807) is 10.6 Å². The zero-order chi connectivity index (χ0) is 25.2. The molecule has 3 aromatic carbocycles. The number of nitro benzene ring substituents is 1. The minimum absolute atomic E-state index is 0.0245. The minimum atomic E-state index is -4.02. The summed E-state index contributed by atoms with van der Waals surface area (Å²) < 4.78 is 25.1. The molecule has 1 aromatic heterocycles. The van der Waals surface area contributed by atoms with Crippen molar-refractivity contribution < 1.29 is 18.4 Å². The number of benzene rings is 3. The maximum absolute atomic E-state index is 11.8. The number of fused-ring (bicyclic) bond motifs is 1. The van der Waals surface area contributed by atoms with Crippen LogP contribution in [-0.4, -0.2) is 28.1 Å². The number of hydrogen-bond acceptors (Lipinski definition) is 7. The van der Waals surface area contributed by atoms with E-state index in [2.05, 4.69) is 15.5 Å². The van der Waals surface area contributed by atoms with E-state index in [1.807, 2.05) is 30.3 Å². The maximum atomic E-state index is 11.8. The summed E-state index contributed by atoms with van der Waals surface area (Å²) in [5.41, 5.74) is 1.28. The fourth-order valence-electron chi connectivity index (χ4n) is 3.50. The number of anilines is 1. The van der Waals surface area contributed by atoms with E-state index in [-0.39, 0.29) is 39.5 Å². The summed E-state index contributed by atoms with van der Waals surface area (Å²) in [5.74, 6) is -0.263. The second-order valence-electron chi connectivity index (χ2n) is 7.37. The number of nitrogens with two attached hydrogens (primary N) is 1. The number of aromatic hydroxyl groups is 1. The van der Waals surface area contributed by atoms with Crippen LogP contribution in [0, 0.1) is 10.1 Å². The second kappa shape index (κ2) is 9.58. The van der Waals surface area contributed by atoms with Gasteiger partial charge in [-0.15, -0.1) is 10.2 Å². The van der Waals surface area contributed by atoms with Gasteiger partial charge in [0.05, 0.1) is 22.7 Å². The largest absolute Gasteiger partial charge is 0.493 e. The minimum Gasteiger partial charge on any atom is -0.493 e. The fraction of sp³-hybridized carbons (Fsp3) is 0.0455. The van der Waals surface area contributed by atoms with Crippen LogP contribution in [0.1, 0.15) is 5.56 Å². The SMILES string of the molecule is NS(=O)(=O)c1ccccc1NC(=S)N=Nc1c(O)n(Cc2ccccc2)c2ccc([N+](=O)[O-])cc12. The normalized spacial score (nSPS) is 11.7. The van der Waals surface area contributed by atoms with Gasteiger partial charge in [0.15, 0.2) is 5.69 Å². The van der Waals surface area contributed by atoms with Gasteiger partial charge in [-0.05, 0) is 36.0 Å². The highest BCUT2D eigenvalue weighted by molar-refractivity contribution is 7.89. The van der Waals surface area contributed by atoms with E-state index in [9.17, 15) is 23.6 Å². The van der Waals surface area contributed by atoms with Crippen LogP contribution in [0.2, 0.25) is 0 Å². The number of azo groups is 1. The number of sulfonamides is 1. The molecule has 0 aliphatic rings. The van der Waals surface area contributed by atoms with Crippen molar-refractivity contribution in [2.45, 2.75) is 11.4 Å². The van der Waals surface area contributed by atoms with Crippen LogP contribution in [0.3, 0.4) is 0 Å². The van der Waals surface area contributed by atoms with E-state index in [4.69, 9.17) is 17.4 Å². The lowest BCUT2D eigenvalue weighted by Crippen LogP contribution is -2.16. The molecule has 4 aromatic rings. The van der Waals surface area contributed by atoms with Crippen molar-refractivity contribution in [1.82, 2.24) is 4.57 Å². The fourth-order valence-corrected chi connectivity index (χ4v) is 4.35. The standard InChI is InChI=1S/C22H18N6O5S2/c23-35(32,33)19-9-5-4-8-17(19)24-22(34)26-25-20-16-12-15(28(30)31)10-11-18(16)27(21(20)29)13-14-6-2-1-3-7-14/h1-12,29H,13H2,(H,24,34)(H2,23,32,33). The van der Waals surface area contributed by atoms with Gasteiger partial charge in [-0.2, -0.15) is 0 Å². The predicted molar refractivity (Wildman–Crippen MR) is 134 cm³/mol. The quantitative estimate of drug-likeness (QED) is 0.149. The van der Waals surface area contributed by atoms with Crippen molar-refractivity contribution in [1.29, 1.82) is 0 Å².